The number of hydrogen-bond donors (Lipinski definition) is 1. The van der Waals surface area contributed by atoms with Gasteiger partial charge in [-0.2, -0.15) is 0 Å². The fourth-order valence-electron chi connectivity index (χ4n) is 3.17. The Morgan fingerprint density at radius 3 is 2.43 bits per heavy atom. The number of nitrogens with two attached hydrogens (primary N) is 1. The molecule has 5 heteroatoms. The average molecular weight is 355 g/mol. The highest BCUT2D eigenvalue weighted by Gasteiger charge is 2.38. The summed E-state index contributed by atoms with van der Waals surface area (Å²) in [6, 6.07) is 5.32. The van der Waals surface area contributed by atoms with Gasteiger partial charge < -0.3 is 5.73 Å². The summed E-state index contributed by atoms with van der Waals surface area (Å²) in [5.41, 5.74) is 7.42. The van der Waals surface area contributed by atoms with Crippen molar-refractivity contribution >= 4 is 21.6 Å². The summed E-state index contributed by atoms with van der Waals surface area (Å²) >= 11 is 3.31. The zero-order valence-electron chi connectivity index (χ0n) is 12.7. The minimum Gasteiger partial charge on any atom is -0.330 e. The van der Waals surface area contributed by atoms with Gasteiger partial charge in [0.05, 0.1) is 4.92 Å². The third-order valence-corrected chi connectivity index (χ3v) is 5.40. The molecule has 1 aromatic carbocycles. The maximum absolute atomic E-state index is 11.3. The van der Waals surface area contributed by atoms with Gasteiger partial charge in [0.25, 0.3) is 5.69 Å². The summed E-state index contributed by atoms with van der Waals surface area (Å²) < 4.78 is 0.740. The Hall–Kier alpha value is -0.940. The first-order chi connectivity index (χ1) is 9.77. The Labute approximate surface area is 134 Å². The maximum atomic E-state index is 11.3. The molecule has 0 amide bonds. The quantitative estimate of drug-likeness (QED) is 0.641. The van der Waals surface area contributed by atoms with Crippen LogP contribution >= 0.6 is 15.9 Å². The van der Waals surface area contributed by atoms with Crippen LogP contribution in [0.4, 0.5) is 5.69 Å². The largest absolute Gasteiger partial charge is 0.330 e. The van der Waals surface area contributed by atoms with E-state index in [9.17, 15) is 10.1 Å². The smallest absolute Gasteiger partial charge is 0.273 e. The molecule has 0 aliphatic heterocycles. The Kier molecular flexibility index (Phi) is 4.73. The number of nitro groups is 1. The van der Waals surface area contributed by atoms with E-state index in [0.717, 1.165) is 35.7 Å². The van der Waals surface area contributed by atoms with E-state index >= 15 is 0 Å². The Morgan fingerprint density at radius 2 is 1.90 bits per heavy atom. The summed E-state index contributed by atoms with van der Waals surface area (Å²) in [6.07, 6.45) is 5.06. The molecule has 0 radical (unpaired) electrons. The van der Waals surface area contributed by atoms with Gasteiger partial charge in [-0.15, -0.1) is 0 Å². The molecule has 1 aliphatic carbocycles. The van der Waals surface area contributed by atoms with E-state index in [1.165, 1.54) is 0 Å². The molecule has 0 bridgehead atoms. The summed E-state index contributed by atoms with van der Waals surface area (Å²) in [6.45, 7) is 5.17. The topological polar surface area (TPSA) is 69.2 Å². The lowest BCUT2D eigenvalue weighted by molar-refractivity contribution is -0.385. The van der Waals surface area contributed by atoms with Crippen LogP contribution in [0.2, 0.25) is 0 Å². The van der Waals surface area contributed by atoms with Crippen molar-refractivity contribution in [3.63, 3.8) is 0 Å². The average Bonchev–Trinajstić information content (AvgIpc) is 2.43. The van der Waals surface area contributed by atoms with Gasteiger partial charge in [0, 0.05) is 16.1 Å². The Bertz CT molecular complexity index is 533. The molecule has 1 aromatic rings. The van der Waals surface area contributed by atoms with Crippen LogP contribution in [0.5, 0.6) is 0 Å². The van der Waals surface area contributed by atoms with Crippen LogP contribution in [0.1, 0.15) is 45.1 Å². The minimum atomic E-state index is -0.295. The van der Waals surface area contributed by atoms with Gasteiger partial charge in [0.1, 0.15) is 0 Å². The highest BCUT2D eigenvalue weighted by Crippen LogP contribution is 2.47. The second-order valence-electron chi connectivity index (χ2n) is 7.08. The van der Waals surface area contributed by atoms with E-state index < -0.39 is 0 Å². The lowest BCUT2D eigenvalue weighted by Crippen LogP contribution is -2.39. The van der Waals surface area contributed by atoms with Gasteiger partial charge >= 0.3 is 0 Å². The van der Waals surface area contributed by atoms with E-state index in [1.807, 2.05) is 12.1 Å². The van der Waals surface area contributed by atoms with Crippen molar-refractivity contribution < 1.29 is 4.92 Å². The van der Waals surface area contributed by atoms with Crippen molar-refractivity contribution in [2.24, 2.45) is 16.6 Å². The minimum absolute atomic E-state index is 0.00805. The molecule has 1 fully saturated rings. The summed E-state index contributed by atoms with van der Waals surface area (Å²) in [5, 5.41) is 11.3. The normalized spacial score (nSPS) is 20.2. The lowest BCUT2D eigenvalue weighted by Gasteiger charge is -2.43. The van der Waals surface area contributed by atoms with Crippen LogP contribution in [0.3, 0.4) is 0 Å². The second kappa shape index (κ2) is 6.05. The van der Waals surface area contributed by atoms with Crippen molar-refractivity contribution in [2.75, 3.05) is 6.54 Å². The molecular weight excluding hydrogens is 332 g/mol. The van der Waals surface area contributed by atoms with Crippen molar-refractivity contribution in [1.29, 1.82) is 0 Å². The third-order valence-electron chi connectivity index (χ3n) is 4.91. The molecule has 0 saturated heterocycles. The molecular formula is C16H23BrN2O2. The van der Waals surface area contributed by atoms with E-state index in [4.69, 9.17) is 5.73 Å². The summed E-state index contributed by atoms with van der Waals surface area (Å²) in [4.78, 5) is 11.0. The fourth-order valence-corrected chi connectivity index (χ4v) is 3.52. The number of nitrogens with zero attached hydrogens (tertiary/aromatic N) is 1. The molecule has 2 N–H and O–H groups in total. The van der Waals surface area contributed by atoms with Crippen LogP contribution in [0.25, 0.3) is 0 Å². The lowest BCUT2D eigenvalue weighted by atomic mass is 9.63. The molecule has 4 nitrogen and oxygen atoms in total. The van der Waals surface area contributed by atoms with E-state index in [-0.39, 0.29) is 16.0 Å². The monoisotopic (exact) mass is 354 g/mol. The SMILES string of the molecule is CC1(C)CCC(CN)(Cc2ccc(Br)cc2[N+](=O)[O-])CC1. The second-order valence-corrected chi connectivity index (χ2v) is 7.99. The highest BCUT2D eigenvalue weighted by molar-refractivity contribution is 9.10. The molecule has 2 rings (SSSR count). The molecule has 0 spiro atoms. The van der Waals surface area contributed by atoms with Crippen LogP contribution < -0.4 is 5.73 Å². The zero-order chi connectivity index (χ0) is 15.7. The van der Waals surface area contributed by atoms with Crippen molar-refractivity contribution in [3.05, 3.63) is 38.3 Å². The van der Waals surface area contributed by atoms with Crippen molar-refractivity contribution in [3.8, 4) is 0 Å². The first kappa shape index (κ1) is 16.4. The predicted octanol–water partition coefficient (Wildman–Crippen LogP) is 4.45. The molecule has 0 aromatic heterocycles. The van der Waals surface area contributed by atoms with Gasteiger partial charge in [-0.3, -0.25) is 10.1 Å². The van der Waals surface area contributed by atoms with Crippen LogP contribution in [-0.4, -0.2) is 11.5 Å². The van der Waals surface area contributed by atoms with Crippen LogP contribution in [0.15, 0.2) is 22.7 Å². The molecule has 0 unspecified atom stereocenters. The van der Waals surface area contributed by atoms with Crippen molar-refractivity contribution in [2.45, 2.75) is 46.0 Å². The number of nitro benzene ring substituents is 1. The first-order valence-electron chi connectivity index (χ1n) is 7.40. The third kappa shape index (κ3) is 3.83. The van der Waals surface area contributed by atoms with Crippen LogP contribution in [-0.2, 0) is 6.42 Å². The first-order valence-corrected chi connectivity index (χ1v) is 8.19. The molecule has 0 heterocycles. The number of benzene rings is 1. The Balaban J connectivity index is 2.25. The Morgan fingerprint density at radius 1 is 1.29 bits per heavy atom. The highest BCUT2D eigenvalue weighted by atomic mass is 79.9. The van der Waals surface area contributed by atoms with Crippen molar-refractivity contribution in [1.82, 2.24) is 0 Å². The number of hydrogen-bond acceptors (Lipinski definition) is 3. The van der Waals surface area contributed by atoms with Crippen LogP contribution in [0, 0.1) is 20.9 Å². The van der Waals surface area contributed by atoms with E-state index in [1.54, 1.807) is 6.07 Å². The number of halogens is 1. The maximum Gasteiger partial charge on any atom is 0.273 e. The summed E-state index contributed by atoms with van der Waals surface area (Å²) in [7, 11) is 0. The molecule has 21 heavy (non-hydrogen) atoms. The van der Waals surface area contributed by atoms with E-state index in [2.05, 4.69) is 29.8 Å². The standard InChI is InChI=1S/C16H23BrN2O2/c1-15(2)5-7-16(11-18,8-6-15)10-12-3-4-13(17)9-14(12)19(20)21/h3-4,9H,5-8,10-11,18H2,1-2H3. The van der Waals surface area contributed by atoms with Gasteiger partial charge in [-0.1, -0.05) is 35.8 Å². The predicted molar refractivity (Wildman–Crippen MR) is 88.2 cm³/mol. The van der Waals surface area contributed by atoms with E-state index in [0.29, 0.717) is 18.4 Å². The fraction of sp³-hybridized carbons (Fsp3) is 0.625. The molecule has 0 atom stereocenters. The zero-order valence-corrected chi connectivity index (χ0v) is 14.3. The number of rotatable bonds is 4. The molecule has 1 aliphatic rings. The van der Waals surface area contributed by atoms with Gasteiger partial charge in [-0.25, -0.2) is 0 Å². The molecule has 116 valence electrons. The van der Waals surface area contributed by atoms with Gasteiger partial charge in [0.2, 0.25) is 0 Å². The molecule has 1 saturated carbocycles. The van der Waals surface area contributed by atoms with Gasteiger partial charge in [-0.05, 0) is 55.5 Å². The van der Waals surface area contributed by atoms with Gasteiger partial charge in [0.15, 0.2) is 0 Å². The summed E-state index contributed by atoms with van der Waals surface area (Å²) in [5.74, 6) is 0.